The van der Waals surface area contributed by atoms with E-state index < -0.39 is 5.91 Å². The number of fused-ring (bicyclic) bond motifs is 1. The maximum Gasteiger partial charge on any atom is 0.254 e. The van der Waals surface area contributed by atoms with Crippen LogP contribution in [0.25, 0.3) is 0 Å². The molecule has 13 heavy (non-hydrogen) atoms. The van der Waals surface area contributed by atoms with Gasteiger partial charge in [0.2, 0.25) is 0 Å². The molecule has 1 amide bonds. The van der Waals surface area contributed by atoms with Gasteiger partial charge in [0.25, 0.3) is 5.91 Å². The van der Waals surface area contributed by atoms with Crippen LogP contribution < -0.4 is 10.2 Å². The number of hydrogen-bond acceptors (Lipinski definition) is 3. The quantitative estimate of drug-likeness (QED) is 0.492. The van der Waals surface area contributed by atoms with E-state index >= 15 is 0 Å². The highest BCUT2D eigenvalue weighted by Crippen LogP contribution is 2.33. The number of carbonyl (C=O) groups excluding carboxylic acids is 1. The average Bonchev–Trinajstić information content (AvgIpc) is 2.60. The largest absolute Gasteiger partial charge is 0.492 e. The molecule has 0 saturated carbocycles. The van der Waals surface area contributed by atoms with E-state index in [0.29, 0.717) is 6.61 Å². The number of hydrogen-bond donors (Lipinski definition) is 2. The molecule has 0 radical (unpaired) electrons. The molecular weight excluding hydrogens is 170 g/mol. The highest BCUT2D eigenvalue weighted by molar-refractivity contribution is 5.84. The zero-order valence-corrected chi connectivity index (χ0v) is 6.86. The molecule has 1 atom stereocenters. The van der Waals surface area contributed by atoms with Crippen molar-refractivity contribution in [3.05, 3.63) is 29.8 Å². The van der Waals surface area contributed by atoms with Crippen LogP contribution in [0.5, 0.6) is 5.75 Å². The number of amides is 1. The van der Waals surface area contributed by atoms with Gasteiger partial charge in [-0.3, -0.25) is 10.0 Å². The van der Waals surface area contributed by atoms with Gasteiger partial charge in [0.05, 0.1) is 0 Å². The number of ether oxygens (including phenoxy) is 1. The number of nitrogens with one attached hydrogen (secondary N) is 1. The second kappa shape index (κ2) is 3.06. The van der Waals surface area contributed by atoms with Crippen molar-refractivity contribution < 1.29 is 14.7 Å². The Balaban J connectivity index is 2.33. The highest BCUT2D eigenvalue weighted by atomic mass is 16.5. The second-order valence-electron chi connectivity index (χ2n) is 2.88. The Bertz CT molecular complexity index is 337. The first-order chi connectivity index (χ1) is 6.33. The molecular formula is C9H9NO3. The van der Waals surface area contributed by atoms with Crippen LogP contribution in [0.1, 0.15) is 11.5 Å². The van der Waals surface area contributed by atoms with E-state index in [1.54, 1.807) is 11.5 Å². The van der Waals surface area contributed by atoms with Gasteiger partial charge >= 0.3 is 0 Å². The SMILES string of the molecule is O=C(NO)[C@@H]1COc2ccccc21. The molecule has 1 aromatic carbocycles. The van der Waals surface area contributed by atoms with Crippen LogP contribution >= 0.6 is 0 Å². The molecule has 0 saturated heterocycles. The lowest BCUT2D eigenvalue weighted by Crippen LogP contribution is -2.27. The van der Waals surface area contributed by atoms with Gasteiger partial charge in [0.1, 0.15) is 18.3 Å². The lowest BCUT2D eigenvalue weighted by Gasteiger charge is -2.04. The molecule has 4 nitrogen and oxygen atoms in total. The van der Waals surface area contributed by atoms with Crippen LogP contribution in [-0.2, 0) is 4.79 Å². The van der Waals surface area contributed by atoms with E-state index in [1.807, 2.05) is 18.2 Å². The van der Waals surface area contributed by atoms with Crippen molar-refractivity contribution in [2.45, 2.75) is 5.92 Å². The molecule has 0 aliphatic carbocycles. The van der Waals surface area contributed by atoms with Gasteiger partial charge in [-0.05, 0) is 6.07 Å². The Labute approximate surface area is 75.1 Å². The van der Waals surface area contributed by atoms with Crippen molar-refractivity contribution >= 4 is 5.91 Å². The number of carbonyl (C=O) groups is 1. The predicted octanol–water partition coefficient (Wildman–Crippen LogP) is 0.668. The van der Waals surface area contributed by atoms with Crippen molar-refractivity contribution in [3.63, 3.8) is 0 Å². The molecule has 1 heterocycles. The van der Waals surface area contributed by atoms with Crippen molar-refractivity contribution in [1.82, 2.24) is 5.48 Å². The normalized spacial score (nSPS) is 19.0. The first kappa shape index (κ1) is 8.07. The minimum atomic E-state index is -0.426. The van der Waals surface area contributed by atoms with Gasteiger partial charge in [-0.15, -0.1) is 0 Å². The Kier molecular flexibility index (Phi) is 1.90. The summed E-state index contributed by atoms with van der Waals surface area (Å²) in [6, 6.07) is 7.31. The van der Waals surface area contributed by atoms with E-state index in [4.69, 9.17) is 9.94 Å². The van der Waals surface area contributed by atoms with Crippen LogP contribution in [0.2, 0.25) is 0 Å². The minimum Gasteiger partial charge on any atom is -0.492 e. The molecule has 1 aromatic rings. The summed E-state index contributed by atoms with van der Waals surface area (Å²) in [6.45, 7) is 0.297. The van der Waals surface area contributed by atoms with Gasteiger partial charge < -0.3 is 4.74 Å². The maximum absolute atomic E-state index is 11.1. The summed E-state index contributed by atoms with van der Waals surface area (Å²) in [6.07, 6.45) is 0. The standard InChI is InChI=1S/C9H9NO3/c11-9(10-12)7-5-13-8-4-2-1-3-6(7)8/h1-4,7,12H,5H2,(H,10,11)/t7-/m1/s1. The van der Waals surface area contributed by atoms with E-state index in [9.17, 15) is 4.79 Å². The zero-order valence-electron chi connectivity index (χ0n) is 6.86. The van der Waals surface area contributed by atoms with E-state index in [1.165, 1.54) is 0 Å². The molecule has 0 bridgehead atoms. The molecule has 2 N–H and O–H groups in total. The maximum atomic E-state index is 11.1. The van der Waals surface area contributed by atoms with Crippen LogP contribution in [-0.4, -0.2) is 17.7 Å². The monoisotopic (exact) mass is 179 g/mol. The lowest BCUT2D eigenvalue weighted by atomic mass is 10.0. The minimum absolute atomic E-state index is 0.297. The summed E-state index contributed by atoms with van der Waals surface area (Å²) >= 11 is 0. The number of hydroxylamine groups is 1. The number of para-hydroxylation sites is 1. The Morgan fingerprint density at radius 3 is 3.08 bits per heavy atom. The van der Waals surface area contributed by atoms with Crippen molar-refractivity contribution in [2.24, 2.45) is 0 Å². The molecule has 68 valence electrons. The summed E-state index contributed by atoms with van der Waals surface area (Å²) < 4.78 is 5.26. The highest BCUT2D eigenvalue weighted by Gasteiger charge is 2.29. The molecule has 2 rings (SSSR count). The Hall–Kier alpha value is -1.55. The summed E-state index contributed by atoms with van der Waals surface area (Å²) in [7, 11) is 0. The fourth-order valence-corrected chi connectivity index (χ4v) is 1.46. The summed E-state index contributed by atoms with van der Waals surface area (Å²) in [5, 5.41) is 8.47. The van der Waals surface area contributed by atoms with Crippen LogP contribution in [0.4, 0.5) is 0 Å². The second-order valence-corrected chi connectivity index (χ2v) is 2.88. The Morgan fingerprint density at radius 2 is 2.31 bits per heavy atom. The third-order valence-electron chi connectivity index (χ3n) is 2.13. The zero-order chi connectivity index (χ0) is 9.26. The van der Waals surface area contributed by atoms with Crippen molar-refractivity contribution in [2.75, 3.05) is 6.61 Å². The first-order valence-corrected chi connectivity index (χ1v) is 3.98. The fourth-order valence-electron chi connectivity index (χ4n) is 1.46. The third kappa shape index (κ3) is 1.25. The van der Waals surface area contributed by atoms with Crippen LogP contribution in [0, 0.1) is 0 Å². The van der Waals surface area contributed by atoms with Gasteiger partial charge in [0, 0.05) is 5.56 Å². The predicted molar refractivity (Wildman–Crippen MR) is 44.6 cm³/mol. The Morgan fingerprint density at radius 1 is 1.54 bits per heavy atom. The van der Waals surface area contributed by atoms with Gasteiger partial charge in [-0.2, -0.15) is 0 Å². The van der Waals surface area contributed by atoms with Crippen LogP contribution in [0.3, 0.4) is 0 Å². The van der Waals surface area contributed by atoms with Gasteiger partial charge in [-0.1, -0.05) is 18.2 Å². The molecule has 0 fully saturated rings. The molecule has 1 aliphatic rings. The molecule has 0 spiro atoms. The molecule has 1 aliphatic heterocycles. The smallest absolute Gasteiger partial charge is 0.254 e. The fraction of sp³-hybridized carbons (Fsp3) is 0.222. The van der Waals surface area contributed by atoms with Gasteiger partial charge in [-0.25, -0.2) is 5.48 Å². The van der Waals surface area contributed by atoms with Crippen molar-refractivity contribution in [1.29, 1.82) is 0 Å². The first-order valence-electron chi connectivity index (χ1n) is 3.98. The van der Waals surface area contributed by atoms with Crippen LogP contribution in [0.15, 0.2) is 24.3 Å². The van der Waals surface area contributed by atoms with E-state index in [0.717, 1.165) is 11.3 Å². The third-order valence-corrected chi connectivity index (χ3v) is 2.13. The number of benzene rings is 1. The van der Waals surface area contributed by atoms with Gasteiger partial charge in [0.15, 0.2) is 0 Å². The topological polar surface area (TPSA) is 58.6 Å². The van der Waals surface area contributed by atoms with Crippen molar-refractivity contribution in [3.8, 4) is 5.75 Å². The summed E-state index contributed by atoms with van der Waals surface area (Å²) in [5.74, 6) is -0.0951. The molecule has 0 aromatic heterocycles. The van der Waals surface area contributed by atoms with E-state index in [-0.39, 0.29) is 5.92 Å². The molecule has 4 heteroatoms. The summed E-state index contributed by atoms with van der Waals surface area (Å²) in [5.41, 5.74) is 2.46. The van der Waals surface area contributed by atoms with E-state index in [2.05, 4.69) is 0 Å². The lowest BCUT2D eigenvalue weighted by molar-refractivity contribution is -0.130. The molecule has 0 unspecified atom stereocenters. The average molecular weight is 179 g/mol. The number of rotatable bonds is 1. The summed E-state index contributed by atoms with van der Waals surface area (Å²) in [4.78, 5) is 11.1.